The second-order valence-corrected chi connectivity index (χ2v) is 8.67. The van der Waals surface area contributed by atoms with Crippen LogP contribution in [0.1, 0.15) is 18.2 Å². The van der Waals surface area contributed by atoms with Crippen molar-refractivity contribution in [2.24, 2.45) is 0 Å². The van der Waals surface area contributed by atoms with Crippen LogP contribution >= 0.6 is 11.3 Å². The van der Waals surface area contributed by atoms with Crippen LogP contribution in [0.3, 0.4) is 0 Å². The van der Waals surface area contributed by atoms with Crippen molar-refractivity contribution in [3.8, 4) is 11.6 Å². The van der Waals surface area contributed by atoms with Crippen LogP contribution < -0.4 is 26.0 Å². The van der Waals surface area contributed by atoms with Crippen LogP contribution in [0.5, 0.6) is 11.6 Å². The number of fused-ring (bicyclic) bond motifs is 1. The van der Waals surface area contributed by atoms with E-state index in [0.717, 1.165) is 35.4 Å². The molecule has 4 N–H and O–H groups in total. The summed E-state index contributed by atoms with van der Waals surface area (Å²) in [5.74, 6) is 1.16. The maximum absolute atomic E-state index is 11.6. The number of benzene rings is 2. The van der Waals surface area contributed by atoms with Crippen molar-refractivity contribution in [1.82, 2.24) is 20.6 Å². The molecular formula is C25H24N6O2S. The Hall–Kier alpha value is -3.79. The van der Waals surface area contributed by atoms with Crippen molar-refractivity contribution in [2.75, 3.05) is 23.7 Å². The Morgan fingerprint density at radius 2 is 1.91 bits per heavy atom. The predicted molar refractivity (Wildman–Crippen MR) is 136 cm³/mol. The third kappa shape index (κ3) is 5.07. The Balaban J connectivity index is 1.36. The maximum Gasteiger partial charge on any atom is 0.247 e. The minimum absolute atomic E-state index is 0.174. The SMILES string of the molecule is C=CC(=O)Nc1cccc(Oc2nc(Nc3ccc(C4NCCCN4)cc3)nc3ccsc23)c1. The maximum atomic E-state index is 11.6. The van der Waals surface area contributed by atoms with E-state index in [-0.39, 0.29) is 12.1 Å². The molecule has 172 valence electrons. The van der Waals surface area contributed by atoms with Gasteiger partial charge in [-0.3, -0.25) is 15.4 Å². The number of carbonyl (C=O) groups is 1. The zero-order chi connectivity index (χ0) is 23.3. The molecule has 8 nitrogen and oxygen atoms in total. The second kappa shape index (κ2) is 10.0. The molecule has 1 aliphatic heterocycles. The largest absolute Gasteiger partial charge is 0.437 e. The third-order valence-electron chi connectivity index (χ3n) is 5.32. The number of nitrogens with zero attached hydrogens (tertiary/aromatic N) is 2. The van der Waals surface area contributed by atoms with Gasteiger partial charge in [-0.1, -0.05) is 24.8 Å². The Labute approximate surface area is 201 Å². The summed E-state index contributed by atoms with van der Waals surface area (Å²) < 4.78 is 6.95. The fourth-order valence-corrected chi connectivity index (χ4v) is 4.44. The van der Waals surface area contributed by atoms with E-state index >= 15 is 0 Å². The highest BCUT2D eigenvalue weighted by Gasteiger charge is 2.15. The van der Waals surface area contributed by atoms with Crippen molar-refractivity contribution < 1.29 is 9.53 Å². The van der Waals surface area contributed by atoms with Crippen LogP contribution in [0.15, 0.2) is 72.6 Å². The summed E-state index contributed by atoms with van der Waals surface area (Å²) in [7, 11) is 0. The summed E-state index contributed by atoms with van der Waals surface area (Å²) in [5, 5.41) is 14.9. The number of thiophene rings is 1. The molecule has 9 heteroatoms. The molecule has 0 aliphatic carbocycles. The molecule has 34 heavy (non-hydrogen) atoms. The number of aromatic nitrogens is 2. The number of anilines is 3. The number of amides is 1. The highest BCUT2D eigenvalue weighted by molar-refractivity contribution is 7.17. The number of rotatable bonds is 7. The monoisotopic (exact) mass is 472 g/mol. The average Bonchev–Trinajstić information content (AvgIpc) is 3.34. The summed E-state index contributed by atoms with van der Waals surface area (Å²) in [4.78, 5) is 20.9. The molecule has 0 radical (unpaired) electrons. The van der Waals surface area contributed by atoms with Crippen molar-refractivity contribution >= 4 is 44.8 Å². The third-order valence-corrected chi connectivity index (χ3v) is 6.22. The molecule has 1 saturated heterocycles. The molecule has 1 amide bonds. The first-order valence-electron chi connectivity index (χ1n) is 11.0. The van der Waals surface area contributed by atoms with E-state index < -0.39 is 0 Å². The summed E-state index contributed by atoms with van der Waals surface area (Å²) in [6.45, 7) is 5.50. The van der Waals surface area contributed by atoms with Crippen molar-refractivity contribution in [3.63, 3.8) is 0 Å². The fourth-order valence-electron chi connectivity index (χ4n) is 3.68. The van der Waals surface area contributed by atoms with E-state index in [4.69, 9.17) is 4.74 Å². The van der Waals surface area contributed by atoms with Gasteiger partial charge in [-0.05, 0) is 66.9 Å². The van der Waals surface area contributed by atoms with E-state index in [1.165, 1.54) is 23.0 Å². The van der Waals surface area contributed by atoms with Crippen molar-refractivity contribution in [2.45, 2.75) is 12.6 Å². The van der Waals surface area contributed by atoms with Gasteiger partial charge in [0.15, 0.2) is 0 Å². The van der Waals surface area contributed by atoms with Gasteiger partial charge in [-0.25, -0.2) is 4.98 Å². The summed E-state index contributed by atoms with van der Waals surface area (Å²) in [5.41, 5.74) is 3.47. The van der Waals surface area contributed by atoms with E-state index in [0.29, 0.717) is 23.3 Å². The van der Waals surface area contributed by atoms with Gasteiger partial charge in [0.2, 0.25) is 17.7 Å². The van der Waals surface area contributed by atoms with Crippen LogP contribution in [-0.4, -0.2) is 29.0 Å². The molecule has 4 aromatic rings. The van der Waals surface area contributed by atoms with Gasteiger partial charge in [0, 0.05) is 17.4 Å². The van der Waals surface area contributed by atoms with Crippen molar-refractivity contribution in [3.05, 3.63) is 78.2 Å². The Bertz CT molecular complexity index is 1310. The lowest BCUT2D eigenvalue weighted by Crippen LogP contribution is -2.41. The highest BCUT2D eigenvalue weighted by Crippen LogP contribution is 2.33. The molecule has 0 spiro atoms. The summed E-state index contributed by atoms with van der Waals surface area (Å²) >= 11 is 1.51. The van der Waals surface area contributed by atoms with E-state index in [1.54, 1.807) is 18.2 Å². The molecular weight excluding hydrogens is 448 g/mol. The van der Waals surface area contributed by atoms with Gasteiger partial charge in [0.05, 0.1) is 11.7 Å². The number of carbonyl (C=O) groups excluding carboxylic acids is 1. The van der Waals surface area contributed by atoms with Crippen LogP contribution in [-0.2, 0) is 4.79 Å². The number of hydrogen-bond donors (Lipinski definition) is 4. The van der Waals surface area contributed by atoms with Gasteiger partial charge in [-0.2, -0.15) is 4.98 Å². The van der Waals surface area contributed by atoms with Gasteiger partial charge in [-0.15, -0.1) is 11.3 Å². The number of hydrogen-bond acceptors (Lipinski definition) is 8. The Morgan fingerprint density at radius 3 is 2.71 bits per heavy atom. The molecule has 1 fully saturated rings. The zero-order valence-electron chi connectivity index (χ0n) is 18.4. The normalized spacial score (nSPS) is 14.0. The van der Waals surface area contributed by atoms with Gasteiger partial charge >= 0.3 is 0 Å². The lowest BCUT2D eigenvalue weighted by molar-refractivity contribution is -0.111. The van der Waals surface area contributed by atoms with Crippen LogP contribution in [0.2, 0.25) is 0 Å². The van der Waals surface area contributed by atoms with Crippen LogP contribution in [0.25, 0.3) is 10.2 Å². The first kappa shape index (κ1) is 22.0. The second-order valence-electron chi connectivity index (χ2n) is 7.75. The van der Waals surface area contributed by atoms with E-state index in [1.807, 2.05) is 29.6 Å². The molecule has 3 heterocycles. The molecule has 1 aliphatic rings. The van der Waals surface area contributed by atoms with Crippen LogP contribution in [0.4, 0.5) is 17.3 Å². The first-order valence-corrected chi connectivity index (χ1v) is 11.9. The topological polar surface area (TPSA) is 100 Å². The van der Waals surface area contributed by atoms with Gasteiger partial charge in [0.1, 0.15) is 10.4 Å². The van der Waals surface area contributed by atoms with E-state index in [2.05, 4.69) is 49.9 Å². The highest BCUT2D eigenvalue weighted by atomic mass is 32.1. The van der Waals surface area contributed by atoms with Crippen LogP contribution in [0, 0.1) is 0 Å². The Kier molecular flexibility index (Phi) is 6.48. The van der Waals surface area contributed by atoms with Gasteiger partial charge in [0.25, 0.3) is 0 Å². The van der Waals surface area contributed by atoms with Crippen molar-refractivity contribution in [1.29, 1.82) is 0 Å². The smallest absolute Gasteiger partial charge is 0.247 e. The molecule has 0 bridgehead atoms. The molecule has 2 aromatic heterocycles. The summed E-state index contributed by atoms with van der Waals surface area (Å²) in [6.07, 6.45) is 2.53. The minimum Gasteiger partial charge on any atom is -0.437 e. The average molecular weight is 473 g/mol. The lowest BCUT2D eigenvalue weighted by atomic mass is 10.1. The fraction of sp³-hybridized carbons (Fsp3) is 0.160. The first-order chi connectivity index (χ1) is 16.7. The molecule has 0 unspecified atom stereocenters. The molecule has 0 atom stereocenters. The molecule has 0 saturated carbocycles. The predicted octanol–water partition coefficient (Wildman–Crippen LogP) is 4.93. The standard InChI is InChI=1S/C25H24N6O2S/c1-2-21(32)28-18-5-3-6-19(15-18)33-24-22-20(11-14-34-22)30-25(31-24)29-17-9-7-16(8-10-17)23-26-12-4-13-27-23/h2-3,5-11,14-15,23,26-27H,1,4,12-13H2,(H,28,32)(H,29,30,31). The number of ether oxygens (including phenoxy) is 1. The van der Waals surface area contributed by atoms with E-state index in [9.17, 15) is 4.79 Å². The zero-order valence-corrected chi connectivity index (χ0v) is 19.2. The minimum atomic E-state index is -0.285. The quantitative estimate of drug-likeness (QED) is 0.283. The molecule has 5 rings (SSSR count). The molecule has 2 aromatic carbocycles. The summed E-state index contributed by atoms with van der Waals surface area (Å²) in [6, 6.07) is 17.3. The van der Waals surface area contributed by atoms with Gasteiger partial charge < -0.3 is 15.4 Å². The number of nitrogens with one attached hydrogen (secondary N) is 4. The lowest BCUT2D eigenvalue weighted by Gasteiger charge is -2.25. The Morgan fingerprint density at radius 1 is 1.09 bits per heavy atom.